The zero-order valence-electron chi connectivity index (χ0n) is 10.0. The third-order valence-corrected chi connectivity index (χ3v) is 3.12. The van der Waals surface area contributed by atoms with Crippen LogP contribution in [0.2, 0.25) is 0 Å². The molecule has 0 N–H and O–H groups in total. The van der Waals surface area contributed by atoms with Gasteiger partial charge >= 0.3 is 6.18 Å². The first kappa shape index (κ1) is 14.6. The Morgan fingerprint density at radius 2 is 2.16 bits per heavy atom. The highest BCUT2D eigenvalue weighted by atomic mass is 79.9. The van der Waals surface area contributed by atoms with Crippen molar-refractivity contribution in [1.29, 1.82) is 0 Å². The number of alkyl halides is 3. The molecule has 0 bridgehead atoms. The summed E-state index contributed by atoms with van der Waals surface area (Å²) in [7, 11) is 1.32. The smallest absolute Gasteiger partial charge is 0.418 e. The Labute approximate surface area is 116 Å². The minimum Gasteiger partial charge on any atom is -0.496 e. The summed E-state index contributed by atoms with van der Waals surface area (Å²) >= 11 is 3.15. The fourth-order valence-electron chi connectivity index (χ4n) is 1.64. The number of rotatable bonds is 5. The summed E-state index contributed by atoms with van der Waals surface area (Å²) < 4.78 is 54.6. The average molecular weight is 341 g/mol. The number of halogens is 4. The van der Waals surface area contributed by atoms with E-state index >= 15 is 0 Å². The quantitative estimate of drug-likeness (QED) is 0.769. The van der Waals surface area contributed by atoms with Crippen LogP contribution in [0.1, 0.15) is 11.7 Å². The van der Waals surface area contributed by atoms with Gasteiger partial charge in [-0.15, -0.1) is 0 Å². The summed E-state index contributed by atoms with van der Waals surface area (Å²) in [5, 5.41) is 0. The molecule has 2 unspecified atom stereocenters. The maximum atomic E-state index is 13.1. The van der Waals surface area contributed by atoms with Crippen LogP contribution in [0.4, 0.5) is 13.2 Å². The number of benzene rings is 1. The lowest BCUT2D eigenvalue weighted by Gasteiger charge is -2.23. The first-order chi connectivity index (χ1) is 8.91. The van der Waals surface area contributed by atoms with Gasteiger partial charge in [-0.1, -0.05) is 15.9 Å². The standard InChI is InChI=1S/C12H12BrF3O3/c1-17-10-3-2-7(13)4-9(10)11(12(14,15)16)19-6-8-5-18-8/h2-4,8,11H,5-6H2,1H3. The normalized spacial score (nSPS) is 20.2. The van der Waals surface area contributed by atoms with E-state index in [1.54, 1.807) is 6.07 Å². The van der Waals surface area contributed by atoms with E-state index in [1.807, 2.05) is 0 Å². The van der Waals surface area contributed by atoms with Gasteiger partial charge in [0, 0.05) is 10.0 Å². The lowest BCUT2D eigenvalue weighted by Crippen LogP contribution is -2.25. The molecule has 1 aromatic carbocycles. The minimum absolute atomic E-state index is 0.0509. The van der Waals surface area contributed by atoms with Gasteiger partial charge in [-0.05, 0) is 18.2 Å². The number of hydrogen-bond acceptors (Lipinski definition) is 3. The van der Waals surface area contributed by atoms with E-state index in [9.17, 15) is 13.2 Å². The maximum absolute atomic E-state index is 13.1. The summed E-state index contributed by atoms with van der Waals surface area (Å²) in [6.07, 6.45) is -6.77. The van der Waals surface area contributed by atoms with Gasteiger partial charge in [0.1, 0.15) is 11.9 Å². The Kier molecular flexibility index (Phi) is 4.37. The second-order valence-corrected chi connectivity index (χ2v) is 5.01. The van der Waals surface area contributed by atoms with Crippen LogP contribution in [0.5, 0.6) is 5.75 Å². The van der Waals surface area contributed by atoms with E-state index in [1.165, 1.54) is 19.2 Å². The summed E-state index contributed by atoms with van der Waals surface area (Å²) in [4.78, 5) is 0. The topological polar surface area (TPSA) is 31.0 Å². The highest BCUT2D eigenvalue weighted by Crippen LogP contribution is 2.41. The molecule has 1 fully saturated rings. The Morgan fingerprint density at radius 1 is 1.47 bits per heavy atom. The molecule has 1 aliphatic heterocycles. The Balaban J connectivity index is 2.27. The molecule has 1 heterocycles. The van der Waals surface area contributed by atoms with Crippen molar-refractivity contribution in [3.63, 3.8) is 0 Å². The molecule has 0 aromatic heterocycles. The van der Waals surface area contributed by atoms with Crippen molar-refractivity contribution in [2.24, 2.45) is 0 Å². The van der Waals surface area contributed by atoms with Crippen molar-refractivity contribution < 1.29 is 27.4 Å². The second-order valence-electron chi connectivity index (χ2n) is 4.10. The molecule has 0 aliphatic carbocycles. The van der Waals surface area contributed by atoms with Crippen molar-refractivity contribution in [2.45, 2.75) is 18.4 Å². The molecule has 1 aliphatic rings. The van der Waals surface area contributed by atoms with Crippen LogP contribution in [0.3, 0.4) is 0 Å². The van der Waals surface area contributed by atoms with Gasteiger partial charge in [-0.3, -0.25) is 0 Å². The molecule has 3 nitrogen and oxygen atoms in total. The van der Waals surface area contributed by atoms with Crippen molar-refractivity contribution in [3.8, 4) is 5.75 Å². The zero-order valence-corrected chi connectivity index (χ0v) is 11.6. The predicted molar refractivity (Wildman–Crippen MR) is 65.2 cm³/mol. The minimum atomic E-state index is -4.51. The average Bonchev–Trinajstić information content (AvgIpc) is 3.12. The van der Waals surface area contributed by atoms with E-state index in [2.05, 4.69) is 15.9 Å². The second kappa shape index (κ2) is 5.68. The maximum Gasteiger partial charge on any atom is 0.418 e. The van der Waals surface area contributed by atoms with Gasteiger partial charge in [0.25, 0.3) is 0 Å². The van der Waals surface area contributed by atoms with Crippen molar-refractivity contribution >= 4 is 15.9 Å². The Morgan fingerprint density at radius 3 is 2.68 bits per heavy atom. The van der Waals surface area contributed by atoms with E-state index in [-0.39, 0.29) is 24.0 Å². The van der Waals surface area contributed by atoms with Gasteiger partial charge in [0.15, 0.2) is 6.10 Å². The van der Waals surface area contributed by atoms with E-state index in [4.69, 9.17) is 14.2 Å². The molecular weight excluding hydrogens is 329 g/mol. The van der Waals surface area contributed by atoms with Crippen LogP contribution in [0.15, 0.2) is 22.7 Å². The molecule has 0 saturated carbocycles. The van der Waals surface area contributed by atoms with E-state index in [0.29, 0.717) is 11.1 Å². The van der Waals surface area contributed by atoms with Crippen LogP contribution in [0, 0.1) is 0 Å². The van der Waals surface area contributed by atoms with Gasteiger partial charge in [0.05, 0.1) is 20.3 Å². The molecule has 2 rings (SSSR count). The lowest BCUT2D eigenvalue weighted by atomic mass is 10.1. The number of ether oxygens (including phenoxy) is 3. The first-order valence-corrected chi connectivity index (χ1v) is 6.34. The van der Waals surface area contributed by atoms with Crippen molar-refractivity contribution in [3.05, 3.63) is 28.2 Å². The van der Waals surface area contributed by atoms with Gasteiger partial charge in [0.2, 0.25) is 0 Å². The molecule has 0 amide bonds. The summed E-state index contributed by atoms with van der Waals surface area (Å²) in [6, 6.07) is 4.43. The van der Waals surface area contributed by atoms with Crippen LogP contribution in [0.25, 0.3) is 0 Å². The van der Waals surface area contributed by atoms with Gasteiger partial charge in [-0.2, -0.15) is 13.2 Å². The van der Waals surface area contributed by atoms with E-state index < -0.39 is 12.3 Å². The summed E-state index contributed by atoms with van der Waals surface area (Å²) in [5.74, 6) is 0.141. The third kappa shape index (κ3) is 3.84. The monoisotopic (exact) mass is 340 g/mol. The molecule has 7 heteroatoms. The largest absolute Gasteiger partial charge is 0.496 e. The molecule has 0 spiro atoms. The molecule has 106 valence electrons. The molecule has 19 heavy (non-hydrogen) atoms. The number of hydrogen-bond donors (Lipinski definition) is 0. The fourth-order valence-corrected chi connectivity index (χ4v) is 2.02. The predicted octanol–water partition coefficient (Wildman–Crippen LogP) is 3.48. The van der Waals surface area contributed by atoms with Crippen LogP contribution >= 0.6 is 15.9 Å². The van der Waals surface area contributed by atoms with Crippen LogP contribution < -0.4 is 4.74 Å². The highest BCUT2D eigenvalue weighted by molar-refractivity contribution is 9.10. The Hall–Kier alpha value is -0.790. The van der Waals surface area contributed by atoms with E-state index in [0.717, 1.165) is 0 Å². The van der Waals surface area contributed by atoms with Crippen molar-refractivity contribution in [2.75, 3.05) is 20.3 Å². The molecule has 1 saturated heterocycles. The SMILES string of the molecule is COc1ccc(Br)cc1C(OCC1CO1)C(F)(F)F. The van der Waals surface area contributed by atoms with Gasteiger partial charge in [-0.25, -0.2) is 0 Å². The zero-order chi connectivity index (χ0) is 14.0. The third-order valence-electron chi connectivity index (χ3n) is 2.62. The summed E-state index contributed by atoms with van der Waals surface area (Å²) in [5.41, 5.74) is -0.0509. The molecule has 0 radical (unpaired) electrons. The van der Waals surface area contributed by atoms with Gasteiger partial charge < -0.3 is 14.2 Å². The molecule has 2 atom stereocenters. The first-order valence-electron chi connectivity index (χ1n) is 5.55. The van der Waals surface area contributed by atoms with Crippen molar-refractivity contribution in [1.82, 2.24) is 0 Å². The van der Waals surface area contributed by atoms with Crippen LogP contribution in [-0.4, -0.2) is 32.6 Å². The summed E-state index contributed by atoms with van der Waals surface area (Å²) in [6.45, 7) is 0.361. The molecular formula is C12H12BrF3O3. The fraction of sp³-hybridized carbons (Fsp3) is 0.500. The Bertz CT molecular complexity index is 446. The lowest BCUT2D eigenvalue weighted by molar-refractivity contribution is -0.225. The van der Waals surface area contributed by atoms with Crippen LogP contribution in [-0.2, 0) is 9.47 Å². The number of methoxy groups -OCH3 is 1. The highest BCUT2D eigenvalue weighted by Gasteiger charge is 2.44. The molecule has 1 aromatic rings. The number of epoxide rings is 1.